The predicted octanol–water partition coefficient (Wildman–Crippen LogP) is 3.29. The second kappa shape index (κ2) is 12.2. The number of ether oxygens (including phenoxy) is 1. The summed E-state index contributed by atoms with van der Waals surface area (Å²) in [5.41, 5.74) is 2.07. The van der Waals surface area contributed by atoms with Crippen LogP contribution < -0.4 is 10.1 Å². The molecule has 31 heavy (non-hydrogen) atoms. The van der Waals surface area contributed by atoms with E-state index < -0.39 is 0 Å². The molecule has 2 aromatic rings. The van der Waals surface area contributed by atoms with Crippen LogP contribution in [0.2, 0.25) is 0 Å². The predicted molar refractivity (Wildman–Crippen MR) is 131 cm³/mol. The Morgan fingerprint density at radius 2 is 2.00 bits per heavy atom. The first-order valence-electron chi connectivity index (χ1n) is 11.1. The van der Waals surface area contributed by atoms with Crippen molar-refractivity contribution in [1.82, 2.24) is 25.3 Å². The number of hydrogen-bond acceptors (Lipinski definition) is 6. The molecule has 4 rings (SSSR count). The van der Waals surface area contributed by atoms with E-state index in [2.05, 4.69) is 38.2 Å². The van der Waals surface area contributed by atoms with Crippen LogP contribution in [0.4, 0.5) is 0 Å². The van der Waals surface area contributed by atoms with Crippen molar-refractivity contribution in [3.05, 3.63) is 41.9 Å². The highest BCUT2D eigenvalue weighted by Crippen LogP contribution is 2.23. The van der Waals surface area contributed by atoms with Gasteiger partial charge in [-0.3, -0.25) is 4.90 Å². The molecule has 1 saturated heterocycles. The molecule has 0 aromatic carbocycles. The van der Waals surface area contributed by atoms with E-state index in [1.807, 2.05) is 18.3 Å². The fourth-order valence-corrected chi connectivity index (χ4v) is 4.01. The van der Waals surface area contributed by atoms with E-state index in [0.717, 1.165) is 75.2 Å². The van der Waals surface area contributed by atoms with E-state index in [-0.39, 0.29) is 24.0 Å². The molecule has 2 aromatic heterocycles. The van der Waals surface area contributed by atoms with Crippen molar-refractivity contribution in [1.29, 1.82) is 0 Å². The van der Waals surface area contributed by atoms with Crippen LogP contribution in [0, 0.1) is 0 Å². The Kier molecular flexibility index (Phi) is 9.38. The molecule has 1 aliphatic heterocycles. The lowest BCUT2D eigenvalue weighted by atomic mass is 10.3. The Morgan fingerprint density at radius 1 is 1.19 bits per heavy atom. The van der Waals surface area contributed by atoms with Gasteiger partial charge in [0.15, 0.2) is 5.96 Å². The van der Waals surface area contributed by atoms with E-state index in [9.17, 15) is 0 Å². The summed E-state index contributed by atoms with van der Waals surface area (Å²) in [7, 11) is 0. The molecule has 3 heterocycles. The van der Waals surface area contributed by atoms with E-state index in [4.69, 9.17) is 14.3 Å². The van der Waals surface area contributed by atoms with Gasteiger partial charge in [0.05, 0.1) is 12.2 Å². The summed E-state index contributed by atoms with van der Waals surface area (Å²) >= 11 is 0. The van der Waals surface area contributed by atoms with Gasteiger partial charge >= 0.3 is 0 Å². The van der Waals surface area contributed by atoms with E-state index in [0.29, 0.717) is 12.6 Å². The monoisotopic (exact) mass is 540 g/mol. The molecule has 1 aliphatic carbocycles. The number of rotatable bonds is 7. The zero-order valence-electron chi connectivity index (χ0n) is 18.2. The zero-order chi connectivity index (χ0) is 20.6. The van der Waals surface area contributed by atoms with E-state index in [1.54, 1.807) is 6.26 Å². The Labute approximate surface area is 201 Å². The minimum Gasteiger partial charge on any atom is -0.474 e. The molecule has 0 unspecified atom stereocenters. The number of hydrogen-bond donors (Lipinski definition) is 1. The second-order valence-electron chi connectivity index (χ2n) is 7.95. The zero-order valence-corrected chi connectivity index (χ0v) is 20.5. The Bertz CT molecular complexity index is 785. The largest absolute Gasteiger partial charge is 0.474 e. The quantitative estimate of drug-likeness (QED) is 0.328. The molecule has 1 saturated carbocycles. The van der Waals surface area contributed by atoms with Gasteiger partial charge in [0.2, 0.25) is 5.88 Å². The van der Waals surface area contributed by atoms with Crippen LogP contribution in [-0.2, 0) is 13.1 Å². The molecular weight excluding hydrogens is 507 g/mol. The number of aliphatic imine (C=N–C) groups is 1. The van der Waals surface area contributed by atoms with Gasteiger partial charge in [0.25, 0.3) is 0 Å². The van der Waals surface area contributed by atoms with Gasteiger partial charge in [-0.15, -0.1) is 24.0 Å². The first kappa shape index (κ1) is 23.8. The Balaban J connectivity index is 0.00000272. The first-order chi connectivity index (χ1) is 14.8. The molecule has 1 N–H and O–H groups in total. The van der Waals surface area contributed by atoms with Gasteiger partial charge in [0.1, 0.15) is 12.4 Å². The lowest BCUT2D eigenvalue weighted by Crippen LogP contribution is -2.52. The van der Waals surface area contributed by atoms with Gasteiger partial charge < -0.3 is 19.5 Å². The maximum absolute atomic E-state index is 5.95. The average Bonchev–Trinajstić information content (AvgIpc) is 3.47. The van der Waals surface area contributed by atoms with Crippen molar-refractivity contribution in [2.24, 2.45) is 4.99 Å². The SMILES string of the molecule is CCNC(=NCc1ccc(OC2CCCC2)nc1)N1CCN(Cc2ccon2)CC1.I. The maximum atomic E-state index is 5.95. The van der Waals surface area contributed by atoms with Crippen LogP contribution in [0.15, 0.2) is 40.2 Å². The lowest BCUT2D eigenvalue weighted by Gasteiger charge is -2.36. The molecule has 0 spiro atoms. The molecule has 2 aliphatic rings. The first-order valence-corrected chi connectivity index (χ1v) is 11.1. The van der Waals surface area contributed by atoms with Crippen molar-refractivity contribution >= 4 is 29.9 Å². The molecule has 0 amide bonds. The molecule has 9 heteroatoms. The molecule has 2 fully saturated rings. The van der Waals surface area contributed by atoms with Crippen LogP contribution in [0.1, 0.15) is 43.9 Å². The van der Waals surface area contributed by atoms with Crippen molar-refractivity contribution in [2.75, 3.05) is 32.7 Å². The minimum absolute atomic E-state index is 0. The summed E-state index contributed by atoms with van der Waals surface area (Å²) in [6.07, 6.45) is 8.66. The highest BCUT2D eigenvalue weighted by Gasteiger charge is 2.20. The molecule has 8 nitrogen and oxygen atoms in total. The number of piperazine rings is 1. The van der Waals surface area contributed by atoms with Gasteiger partial charge in [0, 0.05) is 57.6 Å². The van der Waals surface area contributed by atoms with Crippen LogP contribution in [0.25, 0.3) is 0 Å². The van der Waals surface area contributed by atoms with Crippen molar-refractivity contribution in [3.8, 4) is 5.88 Å². The van der Waals surface area contributed by atoms with Gasteiger partial charge in [-0.05, 0) is 38.2 Å². The number of aromatic nitrogens is 2. The van der Waals surface area contributed by atoms with Crippen LogP contribution >= 0.6 is 24.0 Å². The summed E-state index contributed by atoms with van der Waals surface area (Å²) in [5, 5.41) is 7.44. The number of guanidine groups is 1. The van der Waals surface area contributed by atoms with E-state index >= 15 is 0 Å². The van der Waals surface area contributed by atoms with Crippen molar-refractivity contribution < 1.29 is 9.26 Å². The smallest absolute Gasteiger partial charge is 0.213 e. The van der Waals surface area contributed by atoms with Crippen LogP contribution in [0.3, 0.4) is 0 Å². The summed E-state index contributed by atoms with van der Waals surface area (Å²) in [5.74, 6) is 1.69. The van der Waals surface area contributed by atoms with E-state index in [1.165, 1.54) is 12.8 Å². The Hall–Kier alpha value is -1.88. The third kappa shape index (κ3) is 7.06. The van der Waals surface area contributed by atoms with Crippen LogP contribution in [0.5, 0.6) is 5.88 Å². The standard InChI is InChI=1S/C22H32N6O2.HI/c1-2-23-22(28-12-10-27(11-13-28)17-19-9-14-29-26-19)25-16-18-7-8-21(24-15-18)30-20-5-3-4-6-20;/h7-9,14-15,20H,2-6,10-13,16-17H2,1H3,(H,23,25);1H. The highest BCUT2D eigenvalue weighted by molar-refractivity contribution is 14.0. The summed E-state index contributed by atoms with van der Waals surface area (Å²) in [4.78, 5) is 14.0. The topological polar surface area (TPSA) is 79.0 Å². The molecule has 0 atom stereocenters. The molecule has 0 bridgehead atoms. The highest BCUT2D eigenvalue weighted by atomic mass is 127. The maximum Gasteiger partial charge on any atom is 0.213 e. The fourth-order valence-electron chi connectivity index (χ4n) is 4.01. The number of halogens is 1. The summed E-state index contributed by atoms with van der Waals surface area (Å²) in [6, 6.07) is 5.97. The molecule has 0 radical (unpaired) electrons. The summed E-state index contributed by atoms with van der Waals surface area (Å²) < 4.78 is 10.9. The van der Waals surface area contributed by atoms with Gasteiger partial charge in [-0.25, -0.2) is 9.98 Å². The normalized spacial score (nSPS) is 18.1. The molecular formula is C22H33IN6O2. The van der Waals surface area contributed by atoms with Gasteiger partial charge in [-0.2, -0.15) is 0 Å². The minimum atomic E-state index is 0. The fraction of sp³-hybridized carbons (Fsp3) is 0.591. The van der Waals surface area contributed by atoms with Crippen LogP contribution in [-0.4, -0.2) is 64.7 Å². The number of pyridine rings is 1. The summed E-state index contributed by atoms with van der Waals surface area (Å²) in [6.45, 7) is 8.24. The third-order valence-corrected chi connectivity index (χ3v) is 5.68. The lowest BCUT2D eigenvalue weighted by molar-refractivity contribution is 0.169. The third-order valence-electron chi connectivity index (χ3n) is 5.68. The number of nitrogens with one attached hydrogen (secondary N) is 1. The number of nitrogens with zero attached hydrogens (tertiary/aromatic N) is 5. The molecule has 170 valence electrons. The average molecular weight is 540 g/mol. The Morgan fingerprint density at radius 3 is 2.65 bits per heavy atom. The second-order valence-corrected chi connectivity index (χ2v) is 7.95. The van der Waals surface area contributed by atoms with Gasteiger partial charge in [-0.1, -0.05) is 11.2 Å². The van der Waals surface area contributed by atoms with Crippen molar-refractivity contribution in [3.63, 3.8) is 0 Å². The van der Waals surface area contributed by atoms with Crippen molar-refractivity contribution in [2.45, 2.75) is 51.8 Å².